The summed E-state index contributed by atoms with van der Waals surface area (Å²) in [6, 6.07) is 23.0. The van der Waals surface area contributed by atoms with Gasteiger partial charge >= 0.3 is 5.97 Å². The Kier molecular flexibility index (Phi) is 7.33. The van der Waals surface area contributed by atoms with Crippen LogP contribution in [0.1, 0.15) is 30.9 Å². The highest BCUT2D eigenvalue weighted by atomic mass is 32.2. The third-order valence-electron chi connectivity index (χ3n) is 4.82. The number of benzene rings is 3. The number of halogens is 2. The van der Waals surface area contributed by atoms with Gasteiger partial charge in [-0.05, 0) is 53.9 Å². The van der Waals surface area contributed by atoms with Gasteiger partial charge in [-0.25, -0.2) is 0 Å². The summed E-state index contributed by atoms with van der Waals surface area (Å²) in [5.41, 5.74) is 1.38. The van der Waals surface area contributed by atoms with E-state index in [0.717, 1.165) is 5.56 Å². The molecular weight excluding hydrogens is 418 g/mol. The van der Waals surface area contributed by atoms with Crippen molar-refractivity contribution in [3.8, 4) is 11.5 Å². The molecule has 0 radical (unpaired) electrons. The molecule has 0 amide bonds. The van der Waals surface area contributed by atoms with Gasteiger partial charge in [0.25, 0.3) is 5.25 Å². The fourth-order valence-corrected chi connectivity index (χ4v) is 3.81. The van der Waals surface area contributed by atoms with Crippen molar-refractivity contribution in [3.63, 3.8) is 0 Å². The predicted octanol–water partition coefficient (Wildman–Crippen LogP) is 7.23. The lowest BCUT2D eigenvalue weighted by atomic mass is 9.92. The van der Waals surface area contributed by atoms with Gasteiger partial charge in [-0.15, -0.1) is 0 Å². The standard InChI is InChI=1S/C25H24F2O3S/c1-17(2)25(26,27)31-22-13-11-19(12-14-22)23(24(28)29)16-18-7-6-10-21(15-18)30-20-8-4-3-5-9-20/h3-15,17,23H,16H2,1-2H3,(H,28,29). The molecule has 1 atom stereocenters. The molecule has 0 aromatic heterocycles. The summed E-state index contributed by atoms with van der Waals surface area (Å²) < 4.78 is 33.7. The van der Waals surface area contributed by atoms with E-state index in [2.05, 4.69) is 0 Å². The van der Waals surface area contributed by atoms with Crippen LogP contribution in [-0.4, -0.2) is 16.3 Å². The molecule has 0 heterocycles. The number of aliphatic carboxylic acids is 1. The Morgan fingerprint density at radius 1 is 0.968 bits per heavy atom. The molecular formula is C25H24F2O3S. The smallest absolute Gasteiger partial charge is 0.311 e. The number of carboxylic acids is 1. The number of hydrogen-bond acceptors (Lipinski definition) is 3. The van der Waals surface area contributed by atoms with Crippen LogP contribution in [0, 0.1) is 5.92 Å². The molecule has 3 aromatic carbocycles. The zero-order chi connectivity index (χ0) is 22.4. The molecule has 0 saturated heterocycles. The summed E-state index contributed by atoms with van der Waals surface area (Å²) in [6.07, 6.45) is 0.260. The fourth-order valence-electron chi connectivity index (χ4n) is 2.99. The van der Waals surface area contributed by atoms with Crippen molar-refractivity contribution in [3.05, 3.63) is 90.0 Å². The van der Waals surface area contributed by atoms with E-state index in [1.165, 1.54) is 13.8 Å². The van der Waals surface area contributed by atoms with Crippen molar-refractivity contribution in [1.29, 1.82) is 0 Å². The Hall–Kier alpha value is -2.86. The van der Waals surface area contributed by atoms with Crippen LogP contribution < -0.4 is 4.74 Å². The molecule has 3 rings (SSSR count). The predicted molar refractivity (Wildman–Crippen MR) is 119 cm³/mol. The van der Waals surface area contributed by atoms with Gasteiger partial charge in [0.1, 0.15) is 11.5 Å². The highest BCUT2D eigenvalue weighted by Gasteiger charge is 2.34. The number of thioether (sulfide) groups is 1. The lowest BCUT2D eigenvalue weighted by molar-refractivity contribution is -0.138. The first-order valence-corrected chi connectivity index (χ1v) is 10.8. The molecule has 0 bridgehead atoms. The highest BCUT2D eigenvalue weighted by Crippen LogP contribution is 2.41. The molecule has 0 aliphatic rings. The van der Waals surface area contributed by atoms with Crippen LogP contribution in [0.2, 0.25) is 0 Å². The van der Waals surface area contributed by atoms with Crippen LogP contribution in [0.3, 0.4) is 0 Å². The molecule has 0 fully saturated rings. The van der Waals surface area contributed by atoms with Gasteiger partial charge in [-0.1, -0.05) is 68.1 Å². The number of para-hydroxylation sites is 1. The summed E-state index contributed by atoms with van der Waals surface area (Å²) in [5.74, 6) is -1.25. The number of carboxylic acid groups (broad SMARTS) is 1. The minimum Gasteiger partial charge on any atom is -0.481 e. The summed E-state index contributed by atoms with van der Waals surface area (Å²) >= 11 is 0.492. The van der Waals surface area contributed by atoms with Crippen molar-refractivity contribution in [2.75, 3.05) is 0 Å². The summed E-state index contributed by atoms with van der Waals surface area (Å²) in [7, 11) is 0. The summed E-state index contributed by atoms with van der Waals surface area (Å²) in [6.45, 7) is 2.94. The van der Waals surface area contributed by atoms with Crippen molar-refractivity contribution in [2.45, 2.75) is 36.3 Å². The average Bonchev–Trinajstić information content (AvgIpc) is 2.73. The zero-order valence-electron chi connectivity index (χ0n) is 17.3. The van der Waals surface area contributed by atoms with Crippen molar-refractivity contribution < 1.29 is 23.4 Å². The average molecular weight is 443 g/mol. The van der Waals surface area contributed by atoms with Crippen molar-refractivity contribution in [2.24, 2.45) is 5.92 Å². The van der Waals surface area contributed by atoms with Gasteiger partial charge in [-0.2, -0.15) is 8.78 Å². The van der Waals surface area contributed by atoms with Crippen LogP contribution in [0.4, 0.5) is 8.78 Å². The quantitative estimate of drug-likeness (QED) is 0.355. The van der Waals surface area contributed by atoms with Gasteiger partial charge < -0.3 is 9.84 Å². The lowest BCUT2D eigenvalue weighted by Crippen LogP contribution is -2.18. The topological polar surface area (TPSA) is 46.5 Å². The Bertz CT molecular complexity index is 1000. The van der Waals surface area contributed by atoms with Gasteiger partial charge in [0.05, 0.1) is 5.92 Å². The van der Waals surface area contributed by atoms with E-state index in [-0.39, 0.29) is 6.42 Å². The molecule has 3 nitrogen and oxygen atoms in total. The van der Waals surface area contributed by atoms with Gasteiger partial charge in [0, 0.05) is 10.8 Å². The fraction of sp³-hybridized carbons (Fsp3) is 0.240. The normalized spacial score (nSPS) is 12.5. The Balaban J connectivity index is 1.74. The second-order valence-electron chi connectivity index (χ2n) is 7.55. The van der Waals surface area contributed by atoms with Crippen molar-refractivity contribution in [1.82, 2.24) is 0 Å². The molecule has 0 aliphatic heterocycles. The second-order valence-corrected chi connectivity index (χ2v) is 8.76. The summed E-state index contributed by atoms with van der Waals surface area (Å²) in [4.78, 5) is 12.3. The number of ether oxygens (including phenoxy) is 1. The molecule has 1 unspecified atom stereocenters. The maximum absolute atomic E-state index is 14.0. The summed E-state index contributed by atoms with van der Waals surface area (Å²) in [5, 5.41) is 6.88. The molecule has 162 valence electrons. The first-order valence-electron chi connectivity index (χ1n) is 9.96. The van der Waals surface area contributed by atoms with Gasteiger partial charge in [-0.3, -0.25) is 4.79 Å². The first-order chi connectivity index (χ1) is 14.7. The van der Waals surface area contributed by atoms with Crippen LogP contribution >= 0.6 is 11.8 Å². The van der Waals surface area contributed by atoms with Crippen LogP contribution in [0.5, 0.6) is 11.5 Å². The molecule has 1 N–H and O–H groups in total. The second kappa shape index (κ2) is 9.96. The van der Waals surface area contributed by atoms with Crippen LogP contribution in [0.25, 0.3) is 0 Å². The maximum atomic E-state index is 14.0. The Morgan fingerprint density at radius 3 is 2.23 bits per heavy atom. The van der Waals surface area contributed by atoms with Crippen LogP contribution in [0.15, 0.2) is 83.8 Å². The minimum absolute atomic E-state index is 0.260. The van der Waals surface area contributed by atoms with E-state index in [4.69, 9.17) is 4.74 Å². The van der Waals surface area contributed by atoms with E-state index >= 15 is 0 Å². The molecule has 0 aliphatic carbocycles. The largest absolute Gasteiger partial charge is 0.481 e. The molecule has 6 heteroatoms. The zero-order valence-corrected chi connectivity index (χ0v) is 18.1. The van der Waals surface area contributed by atoms with Gasteiger partial charge in [0.2, 0.25) is 0 Å². The lowest BCUT2D eigenvalue weighted by Gasteiger charge is -2.20. The maximum Gasteiger partial charge on any atom is 0.311 e. The third-order valence-corrected chi connectivity index (χ3v) is 6.08. The van der Waals surface area contributed by atoms with E-state index in [0.29, 0.717) is 33.7 Å². The van der Waals surface area contributed by atoms with Crippen molar-refractivity contribution >= 4 is 17.7 Å². The third kappa shape index (κ3) is 6.31. The van der Waals surface area contributed by atoms with Gasteiger partial charge in [0.15, 0.2) is 0 Å². The van der Waals surface area contributed by atoms with E-state index in [1.807, 2.05) is 54.6 Å². The number of rotatable bonds is 9. The Labute approximate surface area is 185 Å². The van der Waals surface area contributed by atoms with E-state index < -0.39 is 23.1 Å². The first kappa shape index (κ1) is 22.8. The molecule has 0 saturated carbocycles. The SMILES string of the molecule is CC(C)C(F)(F)Sc1ccc(C(Cc2cccc(Oc3ccccc3)c2)C(=O)O)cc1. The minimum atomic E-state index is -2.88. The molecule has 31 heavy (non-hydrogen) atoms. The number of hydrogen-bond donors (Lipinski definition) is 1. The molecule has 0 spiro atoms. The number of carbonyl (C=O) groups is 1. The number of alkyl halides is 2. The van der Waals surface area contributed by atoms with Crippen LogP contribution in [-0.2, 0) is 11.2 Å². The highest BCUT2D eigenvalue weighted by molar-refractivity contribution is 8.00. The van der Waals surface area contributed by atoms with E-state index in [1.54, 1.807) is 24.3 Å². The molecule has 3 aromatic rings. The monoisotopic (exact) mass is 442 g/mol. The Morgan fingerprint density at radius 2 is 1.61 bits per heavy atom. The van der Waals surface area contributed by atoms with E-state index in [9.17, 15) is 18.7 Å².